The van der Waals surface area contributed by atoms with Crippen molar-refractivity contribution in [2.45, 2.75) is 11.9 Å². The number of methoxy groups -OCH3 is 2. The second-order valence-corrected chi connectivity index (χ2v) is 7.12. The summed E-state index contributed by atoms with van der Waals surface area (Å²) in [5.41, 5.74) is 0.618. The molecule has 0 atom stereocenters. The quantitative estimate of drug-likeness (QED) is 0.214. The molecule has 0 aromatic carbocycles. The van der Waals surface area contributed by atoms with Gasteiger partial charge < -0.3 is 9.47 Å². The first-order chi connectivity index (χ1) is 11.4. The van der Waals surface area contributed by atoms with Gasteiger partial charge in [-0.1, -0.05) is 6.92 Å². The number of ether oxygens (including phenoxy) is 2. The number of esters is 2. The van der Waals surface area contributed by atoms with Crippen LogP contribution in [0.5, 0.6) is 0 Å². The van der Waals surface area contributed by atoms with Gasteiger partial charge in [-0.15, -0.1) is 11.8 Å². The highest BCUT2D eigenvalue weighted by atomic mass is 127. The molecule has 0 aliphatic heterocycles. The molecular weight excluding hydrogens is 447 g/mol. The standard InChI is InChI=1S/C15H15IN2O5S/c1-4-24-13-11(17-9-6-5-8(16)7-18(9)13)12(19)10(14(20)22-2)15(21)23-3/h5-7,10H,4H2,1-3H3. The summed E-state index contributed by atoms with van der Waals surface area (Å²) in [4.78, 5) is 40.9. The molecule has 7 nitrogen and oxygen atoms in total. The third kappa shape index (κ3) is 3.56. The molecular formula is C15H15IN2O5S. The Balaban J connectivity index is 2.60. The number of aromatic nitrogens is 2. The van der Waals surface area contributed by atoms with E-state index in [2.05, 4.69) is 37.0 Å². The van der Waals surface area contributed by atoms with Crippen LogP contribution in [0.3, 0.4) is 0 Å². The molecule has 128 valence electrons. The Morgan fingerprint density at radius 1 is 1.25 bits per heavy atom. The van der Waals surface area contributed by atoms with Crippen LogP contribution in [-0.2, 0) is 19.1 Å². The zero-order valence-corrected chi connectivity index (χ0v) is 16.2. The van der Waals surface area contributed by atoms with Crippen molar-refractivity contribution in [2.24, 2.45) is 5.92 Å². The summed E-state index contributed by atoms with van der Waals surface area (Å²) in [5, 5.41) is 0.578. The summed E-state index contributed by atoms with van der Waals surface area (Å²) < 4.78 is 11.9. The first-order valence-electron chi connectivity index (χ1n) is 6.94. The summed E-state index contributed by atoms with van der Waals surface area (Å²) >= 11 is 3.56. The predicted molar refractivity (Wildman–Crippen MR) is 96.2 cm³/mol. The summed E-state index contributed by atoms with van der Waals surface area (Å²) in [6, 6.07) is 3.62. The van der Waals surface area contributed by atoms with Gasteiger partial charge in [0, 0.05) is 9.77 Å². The maximum absolute atomic E-state index is 12.8. The van der Waals surface area contributed by atoms with Gasteiger partial charge in [-0.25, -0.2) is 4.98 Å². The molecule has 0 radical (unpaired) electrons. The second kappa shape index (κ2) is 7.97. The average Bonchev–Trinajstić information content (AvgIpc) is 2.92. The maximum atomic E-state index is 12.8. The summed E-state index contributed by atoms with van der Waals surface area (Å²) in [6.45, 7) is 1.93. The number of nitrogens with zero attached hydrogens (tertiary/aromatic N) is 2. The van der Waals surface area contributed by atoms with Crippen LogP contribution in [0.4, 0.5) is 0 Å². The van der Waals surface area contributed by atoms with E-state index < -0.39 is 23.6 Å². The lowest BCUT2D eigenvalue weighted by atomic mass is 10.0. The molecule has 0 spiro atoms. The molecule has 0 fully saturated rings. The monoisotopic (exact) mass is 462 g/mol. The normalized spacial score (nSPS) is 10.9. The first-order valence-corrected chi connectivity index (χ1v) is 9.01. The van der Waals surface area contributed by atoms with Gasteiger partial charge in [0.1, 0.15) is 16.4 Å². The smallest absolute Gasteiger partial charge is 0.328 e. The minimum absolute atomic E-state index is 0.0599. The number of carbonyl (C=O) groups is 3. The fourth-order valence-electron chi connectivity index (χ4n) is 2.12. The zero-order valence-electron chi connectivity index (χ0n) is 13.2. The van der Waals surface area contributed by atoms with Crippen molar-refractivity contribution >= 4 is 57.7 Å². The van der Waals surface area contributed by atoms with Gasteiger partial charge in [-0.05, 0) is 40.5 Å². The number of hydrogen-bond acceptors (Lipinski definition) is 7. The van der Waals surface area contributed by atoms with Gasteiger partial charge in [0.25, 0.3) is 0 Å². The van der Waals surface area contributed by atoms with Crippen molar-refractivity contribution in [3.05, 3.63) is 27.6 Å². The number of halogens is 1. The molecule has 2 aromatic heterocycles. The Labute approximate surface area is 156 Å². The van der Waals surface area contributed by atoms with E-state index in [0.29, 0.717) is 16.4 Å². The number of carbonyl (C=O) groups excluding carboxylic acids is 3. The highest BCUT2D eigenvalue weighted by molar-refractivity contribution is 14.1. The van der Waals surface area contributed by atoms with Crippen LogP contribution >= 0.6 is 34.4 Å². The molecule has 0 saturated carbocycles. The molecule has 0 bridgehead atoms. The van der Waals surface area contributed by atoms with E-state index in [4.69, 9.17) is 0 Å². The SMILES string of the molecule is CCSc1c(C(=O)C(C(=O)OC)C(=O)OC)nc2ccc(I)cn12. The molecule has 9 heteroatoms. The largest absolute Gasteiger partial charge is 0.468 e. The lowest BCUT2D eigenvalue weighted by Gasteiger charge is -2.11. The van der Waals surface area contributed by atoms with E-state index in [-0.39, 0.29) is 5.69 Å². The molecule has 0 saturated heterocycles. The van der Waals surface area contributed by atoms with Gasteiger partial charge in [0.15, 0.2) is 0 Å². The van der Waals surface area contributed by atoms with Crippen molar-refractivity contribution in [1.82, 2.24) is 9.38 Å². The predicted octanol–water partition coefficient (Wildman–Crippen LogP) is 2.20. The third-order valence-corrected chi connectivity index (χ3v) is 4.78. The van der Waals surface area contributed by atoms with Gasteiger partial charge in [0.2, 0.25) is 11.7 Å². The van der Waals surface area contributed by atoms with Crippen molar-refractivity contribution in [3.8, 4) is 0 Å². The number of fused-ring (bicyclic) bond motifs is 1. The lowest BCUT2D eigenvalue weighted by Crippen LogP contribution is -2.34. The molecule has 24 heavy (non-hydrogen) atoms. The number of thioether (sulfide) groups is 1. The molecule has 0 aliphatic rings. The number of Topliss-reactive ketones (excluding diaryl/α,β-unsaturated/α-hetero) is 1. The van der Waals surface area contributed by atoms with E-state index >= 15 is 0 Å². The Morgan fingerprint density at radius 2 is 1.88 bits per heavy atom. The fourth-order valence-corrected chi connectivity index (χ4v) is 3.42. The Bertz CT molecular complexity index is 789. The van der Waals surface area contributed by atoms with Crippen LogP contribution in [-0.4, -0.2) is 47.1 Å². The molecule has 2 aromatic rings. The number of hydrogen-bond donors (Lipinski definition) is 0. The van der Waals surface area contributed by atoms with E-state index in [1.54, 1.807) is 10.5 Å². The van der Waals surface area contributed by atoms with E-state index in [1.807, 2.05) is 19.2 Å². The van der Waals surface area contributed by atoms with Crippen LogP contribution < -0.4 is 0 Å². The molecule has 0 unspecified atom stereocenters. The fraction of sp³-hybridized carbons (Fsp3) is 0.333. The second-order valence-electron chi connectivity index (χ2n) is 4.62. The van der Waals surface area contributed by atoms with Crippen LogP contribution in [0.2, 0.25) is 0 Å². The van der Waals surface area contributed by atoms with Gasteiger partial charge in [0.05, 0.1) is 14.2 Å². The van der Waals surface area contributed by atoms with Crippen molar-refractivity contribution in [3.63, 3.8) is 0 Å². The Morgan fingerprint density at radius 3 is 2.42 bits per heavy atom. The molecule has 0 aliphatic carbocycles. The van der Waals surface area contributed by atoms with Crippen LogP contribution in [0, 0.1) is 9.49 Å². The van der Waals surface area contributed by atoms with Gasteiger partial charge >= 0.3 is 11.9 Å². The Kier molecular flexibility index (Phi) is 6.21. The third-order valence-electron chi connectivity index (χ3n) is 3.19. The van der Waals surface area contributed by atoms with E-state index in [0.717, 1.165) is 17.8 Å². The van der Waals surface area contributed by atoms with Crippen molar-refractivity contribution in [1.29, 1.82) is 0 Å². The average molecular weight is 462 g/mol. The highest BCUT2D eigenvalue weighted by Gasteiger charge is 2.39. The van der Waals surface area contributed by atoms with E-state index in [9.17, 15) is 14.4 Å². The molecule has 2 rings (SSSR count). The summed E-state index contributed by atoms with van der Waals surface area (Å²) in [6.07, 6.45) is 1.84. The number of imidazole rings is 1. The van der Waals surface area contributed by atoms with Gasteiger partial charge in [-0.3, -0.25) is 18.8 Å². The summed E-state index contributed by atoms with van der Waals surface area (Å²) in [7, 11) is 2.22. The summed E-state index contributed by atoms with van der Waals surface area (Å²) in [5.74, 6) is -3.65. The minimum atomic E-state index is -1.68. The first kappa shape index (κ1) is 18.7. The van der Waals surface area contributed by atoms with Gasteiger partial charge in [-0.2, -0.15) is 0 Å². The molecule has 0 amide bonds. The van der Waals surface area contributed by atoms with Crippen LogP contribution in [0.1, 0.15) is 17.4 Å². The maximum Gasteiger partial charge on any atom is 0.328 e. The van der Waals surface area contributed by atoms with Crippen LogP contribution in [0.25, 0.3) is 5.65 Å². The topological polar surface area (TPSA) is 87.0 Å². The number of rotatable bonds is 6. The number of ketones is 1. The minimum Gasteiger partial charge on any atom is -0.468 e. The number of pyridine rings is 1. The van der Waals surface area contributed by atoms with Crippen molar-refractivity contribution in [2.75, 3.05) is 20.0 Å². The Hall–Kier alpha value is -1.62. The van der Waals surface area contributed by atoms with Crippen molar-refractivity contribution < 1.29 is 23.9 Å². The molecule has 2 heterocycles. The van der Waals surface area contributed by atoms with Crippen LogP contribution in [0.15, 0.2) is 23.4 Å². The lowest BCUT2D eigenvalue weighted by molar-refractivity contribution is -0.155. The highest BCUT2D eigenvalue weighted by Crippen LogP contribution is 2.27. The van der Waals surface area contributed by atoms with E-state index in [1.165, 1.54) is 11.8 Å². The molecule has 0 N–H and O–H groups in total. The zero-order chi connectivity index (χ0) is 17.9.